The van der Waals surface area contributed by atoms with E-state index in [2.05, 4.69) is 0 Å². The number of halogens is 2. The molecule has 1 aliphatic carbocycles. The van der Waals surface area contributed by atoms with Crippen LogP contribution in [-0.2, 0) is 40.7 Å². The van der Waals surface area contributed by atoms with Crippen molar-refractivity contribution in [3.8, 4) is 0 Å². The quantitative estimate of drug-likeness (QED) is 0.301. The Bertz CT molecular complexity index is 1090. The van der Waals surface area contributed by atoms with Crippen LogP contribution < -0.4 is 0 Å². The minimum Gasteiger partial charge on any atom is -0.468 e. The zero-order valence-corrected chi connectivity index (χ0v) is 20.8. The number of rotatable bonds is 7. The summed E-state index contributed by atoms with van der Waals surface area (Å²) in [6.45, 7) is 1.02. The first-order chi connectivity index (χ1) is 16.3. The number of esters is 2. The fraction of sp³-hybridized carbons (Fsp3) is 0.440. The highest BCUT2D eigenvalue weighted by molar-refractivity contribution is 7.98. The van der Waals surface area contributed by atoms with Crippen molar-refractivity contribution in [3.05, 3.63) is 63.4 Å². The van der Waals surface area contributed by atoms with Gasteiger partial charge in [-0.25, -0.2) is 4.39 Å². The zero-order valence-electron chi connectivity index (χ0n) is 19.2. The third-order valence-corrected chi connectivity index (χ3v) is 7.63. The highest BCUT2D eigenvalue weighted by Crippen LogP contribution is 2.51. The highest BCUT2D eigenvalue weighted by atomic mass is 35.5. The number of carbonyl (C=O) groups excluding carboxylic acids is 2. The average molecular weight is 509 g/mol. The molecule has 34 heavy (non-hydrogen) atoms. The molecule has 2 aromatic carbocycles. The minimum atomic E-state index is -1.17. The van der Waals surface area contributed by atoms with Gasteiger partial charge < -0.3 is 18.9 Å². The van der Waals surface area contributed by atoms with Crippen LogP contribution in [-0.4, -0.2) is 45.6 Å². The monoisotopic (exact) mass is 508 g/mol. The summed E-state index contributed by atoms with van der Waals surface area (Å²) in [5, 5.41) is 0.210. The largest absolute Gasteiger partial charge is 0.468 e. The second kappa shape index (κ2) is 10.2. The van der Waals surface area contributed by atoms with Gasteiger partial charge in [0, 0.05) is 27.8 Å². The van der Waals surface area contributed by atoms with Gasteiger partial charge in [-0.2, -0.15) is 0 Å². The fourth-order valence-electron chi connectivity index (χ4n) is 5.00. The number of methoxy groups -OCH3 is 2. The van der Waals surface area contributed by atoms with Crippen LogP contribution >= 0.6 is 23.4 Å². The van der Waals surface area contributed by atoms with E-state index in [0.29, 0.717) is 31.6 Å². The number of benzene rings is 2. The standard InChI is InChI=1S/C25H26ClFO6S/c1-30-23(28)19(24(29)31-2)13-18(16-5-4-14(27)12-20(16)26)15-6-7-21(34-3)22-17(15)8-9-25(22)32-10-11-33-25/h4-7,12,18-19H,8-11,13H2,1-3H3/t18-/m1/s1. The summed E-state index contributed by atoms with van der Waals surface area (Å²) in [4.78, 5) is 26.1. The molecule has 4 rings (SSSR count). The van der Waals surface area contributed by atoms with Crippen molar-refractivity contribution >= 4 is 35.3 Å². The molecule has 0 bridgehead atoms. The van der Waals surface area contributed by atoms with Gasteiger partial charge in [0.15, 0.2) is 11.7 Å². The number of hydrogen-bond acceptors (Lipinski definition) is 7. The third-order valence-electron chi connectivity index (χ3n) is 6.53. The molecule has 9 heteroatoms. The Balaban J connectivity index is 1.89. The van der Waals surface area contributed by atoms with E-state index in [1.807, 2.05) is 18.4 Å². The SMILES string of the molecule is COC(=O)C(C[C@@H](c1ccc(F)cc1Cl)c1ccc(SC)c2c1CCC21OCCO1)C(=O)OC. The van der Waals surface area contributed by atoms with Crippen molar-refractivity contribution in [1.82, 2.24) is 0 Å². The Kier molecular flexibility index (Phi) is 7.52. The van der Waals surface area contributed by atoms with Crippen LogP contribution in [0.5, 0.6) is 0 Å². The first kappa shape index (κ1) is 25.0. The molecular weight excluding hydrogens is 483 g/mol. The Morgan fingerprint density at radius 3 is 2.35 bits per heavy atom. The van der Waals surface area contributed by atoms with Crippen LogP contribution in [0.15, 0.2) is 35.2 Å². The fourth-order valence-corrected chi connectivity index (χ4v) is 5.98. The summed E-state index contributed by atoms with van der Waals surface area (Å²) >= 11 is 8.09. The second-order valence-corrected chi connectivity index (χ2v) is 9.47. The van der Waals surface area contributed by atoms with Gasteiger partial charge in [-0.15, -0.1) is 11.8 Å². The molecule has 0 radical (unpaired) electrons. The summed E-state index contributed by atoms with van der Waals surface area (Å²) in [6, 6.07) is 8.12. The maximum atomic E-state index is 13.9. The minimum absolute atomic E-state index is 0.0461. The van der Waals surface area contributed by atoms with Crippen molar-refractivity contribution < 1.29 is 32.9 Å². The first-order valence-corrected chi connectivity index (χ1v) is 12.5. The number of thioether (sulfide) groups is 1. The van der Waals surface area contributed by atoms with Crippen molar-refractivity contribution in [2.75, 3.05) is 33.7 Å². The van der Waals surface area contributed by atoms with E-state index >= 15 is 0 Å². The Morgan fingerprint density at radius 1 is 1.12 bits per heavy atom. The molecule has 0 amide bonds. The Hall–Kier alpha value is -2.13. The van der Waals surface area contributed by atoms with E-state index < -0.39 is 35.4 Å². The van der Waals surface area contributed by atoms with Gasteiger partial charge in [0.2, 0.25) is 0 Å². The Labute approximate surface area is 207 Å². The maximum Gasteiger partial charge on any atom is 0.320 e. The zero-order chi connectivity index (χ0) is 24.5. The van der Waals surface area contributed by atoms with Crippen LogP contribution in [0, 0.1) is 11.7 Å². The number of ether oxygens (including phenoxy) is 4. The van der Waals surface area contributed by atoms with Crippen molar-refractivity contribution in [1.29, 1.82) is 0 Å². The topological polar surface area (TPSA) is 71.1 Å². The van der Waals surface area contributed by atoms with Crippen molar-refractivity contribution in [3.63, 3.8) is 0 Å². The van der Waals surface area contributed by atoms with Gasteiger partial charge in [0.1, 0.15) is 5.82 Å². The van der Waals surface area contributed by atoms with E-state index in [-0.39, 0.29) is 11.4 Å². The summed E-state index contributed by atoms with van der Waals surface area (Å²) in [7, 11) is 2.45. The average Bonchev–Trinajstić information content (AvgIpc) is 3.47. The van der Waals surface area contributed by atoms with Crippen LogP contribution in [0.1, 0.15) is 41.0 Å². The lowest BCUT2D eigenvalue weighted by atomic mass is 9.80. The molecule has 1 fully saturated rings. The van der Waals surface area contributed by atoms with Crippen LogP contribution in [0.4, 0.5) is 4.39 Å². The molecule has 2 aliphatic rings. The second-order valence-electron chi connectivity index (χ2n) is 8.21. The van der Waals surface area contributed by atoms with Gasteiger partial charge in [-0.05, 0) is 54.0 Å². The van der Waals surface area contributed by atoms with Gasteiger partial charge in [0.25, 0.3) is 0 Å². The molecule has 1 spiro atoms. The number of hydrogen-bond donors (Lipinski definition) is 0. The molecule has 0 saturated carbocycles. The third kappa shape index (κ3) is 4.44. The van der Waals surface area contributed by atoms with Gasteiger partial charge in [-0.3, -0.25) is 9.59 Å². The predicted octanol–water partition coefficient (Wildman–Crippen LogP) is 4.83. The summed E-state index contributed by atoms with van der Waals surface area (Å²) in [6.07, 6.45) is 3.39. The van der Waals surface area contributed by atoms with Gasteiger partial charge in [0.05, 0.1) is 27.4 Å². The molecule has 0 unspecified atom stereocenters. The Morgan fingerprint density at radius 2 is 1.76 bits per heavy atom. The van der Waals surface area contributed by atoms with Gasteiger partial charge in [-0.1, -0.05) is 23.7 Å². The molecule has 2 aromatic rings. The van der Waals surface area contributed by atoms with Gasteiger partial charge >= 0.3 is 11.9 Å². The molecule has 1 heterocycles. The van der Waals surface area contributed by atoms with Crippen LogP contribution in [0.3, 0.4) is 0 Å². The normalized spacial score (nSPS) is 17.1. The van der Waals surface area contributed by atoms with Crippen LogP contribution in [0.25, 0.3) is 0 Å². The van der Waals surface area contributed by atoms with E-state index in [1.54, 1.807) is 17.8 Å². The summed E-state index contributed by atoms with van der Waals surface area (Å²) in [5.41, 5.74) is 3.50. The molecule has 6 nitrogen and oxygen atoms in total. The molecule has 182 valence electrons. The predicted molar refractivity (Wildman–Crippen MR) is 126 cm³/mol. The molecular formula is C25H26ClFO6S. The lowest BCUT2D eigenvalue weighted by Gasteiger charge is -2.28. The molecule has 0 aromatic heterocycles. The number of carbonyl (C=O) groups is 2. The van der Waals surface area contributed by atoms with Crippen LogP contribution in [0.2, 0.25) is 5.02 Å². The van der Waals surface area contributed by atoms with E-state index in [4.69, 9.17) is 30.5 Å². The smallest absolute Gasteiger partial charge is 0.320 e. The highest BCUT2D eigenvalue weighted by Gasteiger charge is 2.47. The van der Waals surface area contributed by atoms with E-state index in [0.717, 1.165) is 21.6 Å². The molecule has 1 atom stereocenters. The maximum absolute atomic E-state index is 13.9. The molecule has 1 aliphatic heterocycles. The molecule has 1 saturated heterocycles. The summed E-state index contributed by atoms with van der Waals surface area (Å²) in [5.74, 6) is -4.36. The lowest BCUT2D eigenvalue weighted by molar-refractivity contribution is -0.164. The van der Waals surface area contributed by atoms with Crippen molar-refractivity contribution in [2.24, 2.45) is 5.92 Å². The first-order valence-electron chi connectivity index (χ1n) is 10.9. The summed E-state index contributed by atoms with van der Waals surface area (Å²) < 4.78 is 35.8. The molecule has 0 N–H and O–H groups in total. The number of fused-ring (bicyclic) bond motifs is 2. The van der Waals surface area contributed by atoms with E-state index in [1.165, 1.54) is 26.4 Å². The van der Waals surface area contributed by atoms with Crippen molar-refractivity contribution in [2.45, 2.75) is 35.9 Å². The lowest BCUT2D eigenvalue weighted by Crippen LogP contribution is -2.29. The van der Waals surface area contributed by atoms with E-state index in [9.17, 15) is 14.0 Å².